The Labute approximate surface area is 162 Å². The lowest BCUT2D eigenvalue weighted by Gasteiger charge is -2.15. The van der Waals surface area contributed by atoms with E-state index in [0.717, 1.165) is 11.3 Å². The molecule has 3 rings (SSSR count). The van der Waals surface area contributed by atoms with Gasteiger partial charge in [-0.1, -0.05) is 24.3 Å². The van der Waals surface area contributed by atoms with Gasteiger partial charge in [0, 0.05) is 12.1 Å². The maximum atomic E-state index is 9.80. The molecule has 0 fully saturated rings. The van der Waals surface area contributed by atoms with Crippen LogP contribution >= 0.6 is 0 Å². The number of phenols is 1. The van der Waals surface area contributed by atoms with Crippen LogP contribution in [0.1, 0.15) is 16.7 Å². The van der Waals surface area contributed by atoms with Gasteiger partial charge >= 0.3 is 0 Å². The Morgan fingerprint density at radius 2 is 1.82 bits per heavy atom. The molecule has 0 atom stereocenters. The summed E-state index contributed by atoms with van der Waals surface area (Å²) in [5.74, 6) is 1.05. The summed E-state index contributed by atoms with van der Waals surface area (Å²) in [6.07, 6.45) is 0. The quantitative estimate of drug-likeness (QED) is 0.627. The van der Waals surface area contributed by atoms with Crippen LogP contribution in [-0.4, -0.2) is 17.2 Å². The molecule has 0 saturated heterocycles. The minimum atomic E-state index is 0.0112. The molecular formula is C21H17N5O2. The lowest BCUT2D eigenvalue weighted by molar-refractivity contribution is 0.414. The highest BCUT2D eigenvalue weighted by Crippen LogP contribution is 2.35. The van der Waals surface area contributed by atoms with Crippen LogP contribution in [0, 0.1) is 22.7 Å². The third kappa shape index (κ3) is 3.64. The fourth-order valence-electron chi connectivity index (χ4n) is 2.83. The van der Waals surface area contributed by atoms with Crippen LogP contribution in [0.3, 0.4) is 0 Å². The standard InChI is InChI=1S/C21H17N5O2/c1-28-16-7-5-13(6-8-16)12-25-21-18(11-23)19(17(10-22)20(24)26-21)14-3-2-4-15(27)9-14/h2-9,27H,12H2,1H3,(H3,24,25,26). The monoisotopic (exact) mass is 371 g/mol. The number of hydrogen-bond donors (Lipinski definition) is 3. The molecule has 2 aromatic carbocycles. The number of nitrogens with zero attached hydrogens (tertiary/aromatic N) is 3. The number of rotatable bonds is 5. The van der Waals surface area contributed by atoms with Crippen molar-refractivity contribution in [2.45, 2.75) is 6.54 Å². The number of nitrogen functional groups attached to an aromatic ring is 1. The number of phenolic OH excluding ortho intramolecular Hbond substituents is 1. The van der Waals surface area contributed by atoms with Gasteiger partial charge < -0.3 is 20.9 Å². The van der Waals surface area contributed by atoms with E-state index >= 15 is 0 Å². The lowest BCUT2D eigenvalue weighted by atomic mass is 9.96. The smallest absolute Gasteiger partial charge is 0.147 e. The molecule has 0 aliphatic rings. The molecule has 0 aliphatic carbocycles. The van der Waals surface area contributed by atoms with E-state index in [-0.39, 0.29) is 28.5 Å². The van der Waals surface area contributed by atoms with Crippen LogP contribution in [0.5, 0.6) is 11.5 Å². The van der Waals surface area contributed by atoms with E-state index in [0.29, 0.717) is 17.7 Å². The van der Waals surface area contributed by atoms with E-state index in [2.05, 4.69) is 16.4 Å². The van der Waals surface area contributed by atoms with Gasteiger partial charge in [0.05, 0.1) is 7.11 Å². The fourth-order valence-corrected chi connectivity index (χ4v) is 2.83. The molecule has 28 heavy (non-hydrogen) atoms. The minimum Gasteiger partial charge on any atom is -0.508 e. The minimum absolute atomic E-state index is 0.0112. The Kier molecular flexibility index (Phi) is 5.29. The first kappa shape index (κ1) is 18.6. The van der Waals surface area contributed by atoms with Crippen molar-refractivity contribution in [3.05, 3.63) is 65.2 Å². The first-order valence-corrected chi connectivity index (χ1v) is 8.37. The molecule has 138 valence electrons. The van der Waals surface area contributed by atoms with E-state index in [1.54, 1.807) is 19.2 Å². The molecule has 7 heteroatoms. The third-order valence-electron chi connectivity index (χ3n) is 4.20. The first-order valence-electron chi connectivity index (χ1n) is 8.37. The van der Waals surface area contributed by atoms with Crippen LogP contribution in [0.15, 0.2) is 48.5 Å². The van der Waals surface area contributed by atoms with Gasteiger partial charge in [0.25, 0.3) is 0 Å². The molecule has 3 aromatic rings. The van der Waals surface area contributed by atoms with Crippen molar-refractivity contribution in [3.63, 3.8) is 0 Å². The van der Waals surface area contributed by atoms with E-state index in [1.165, 1.54) is 12.1 Å². The summed E-state index contributed by atoms with van der Waals surface area (Å²) < 4.78 is 5.14. The van der Waals surface area contributed by atoms with Crippen molar-refractivity contribution < 1.29 is 9.84 Å². The molecular weight excluding hydrogens is 354 g/mol. The number of aromatic nitrogens is 1. The van der Waals surface area contributed by atoms with E-state index in [1.807, 2.05) is 30.3 Å². The summed E-state index contributed by atoms with van der Waals surface area (Å²) in [5, 5.41) is 32.2. The molecule has 4 N–H and O–H groups in total. The number of ether oxygens (including phenoxy) is 1. The number of nitrogens with one attached hydrogen (secondary N) is 1. The molecule has 0 amide bonds. The molecule has 0 saturated carbocycles. The maximum Gasteiger partial charge on any atom is 0.147 e. The van der Waals surface area contributed by atoms with Crippen molar-refractivity contribution in [2.75, 3.05) is 18.2 Å². The van der Waals surface area contributed by atoms with Crippen molar-refractivity contribution >= 4 is 11.6 Å². The van der Waals surface area contributed by atoms with Crippen molar-refractivity contribution in [3.8, 4) is 34.8 Å². The normalized spacial score (nSPS) is 9.96. The van der Waals surface area contributed by atoms with Crippen LogP contribution in [0.25, 0.3) is 11.1 Å². The highest BCUT2D eigenvalue weighted by atomic mass is 16.5. The number of benzene rings is 2. The Bertz CT molecular complexity index is 1100. The van der Waals surface area contributed by atoms with Gasteiger partial charge in [0.15, 0.2) is 0 Å². The predicted molar refractivity (Wildman–Crippen MR) is 106 cm³/mol. The van der Waals surface area contributed by atoms with Gasteiger partial charge in [-0.2, -0.15) is 10.5 Å². The number of pyridine rings is 1. The molecule has 1 heterocycles. The zero-order valence-corrected chi connectivity index (χ0v) is 15.1. The number of methoxy groups -OCH3 is 1. The van der Waals surface area contributed by atoms with Crippen LogP contribution in [0.2, 0.25) is 0 Å². The Hall–Kier alpha value is -4.23. The largest absolute Gasteiger partial charge is 0.508 e. The summed E-state index contributed by atoms with van der Waals surface area (Å²) in [6.45, 7) is 0.399. The second-order valence-electron chi connectivity index (χ2n) is 5.95. The average molecular weight is 371 g/mol. The Morgan fingerprint density at radius 1 is 1.11 bits per heavy atom. The Morgan fingerprint density at radius 3 is 2.43 bits per heavy atom. The van der Waals surface area contributed by atoms with E-state index in [9.17, 15) is 15.6 Å². The highest BCUT2D eigenvalue weighted by molar-refractivity contribution is 5.85. The van der Waals surface area contributed by atoms with Gasteiger partial charge in [-0.3, -0.25) is 0 Å². The lowest BCUT2D eigenvalue weighted by Crippen LogP contribution is -2.09. The van der Waals surface area contributed by atoms with Gasteiger partial charge in [0.1, 0.15) is 46.4 Å². The molecule has 0 spiro atoms. The molecule has 0 bridgehead atoms. The zero-order chi connectivity index (χ0) is 20.1. The van der Waals surface area contributed by atoms with Crippen LogP contribution in [0.4, 0.5) is 11.6 Å². The highest BCUT2D eigenvalue weighted by Gasteiger charge is 2.20. The third-order valence-corrected chi connectivity index (χ3v) is 4.20. The summed E-state index contributed by atoms with van der Waals surface area (Å²) in [7, 11) is 1.60. The molecule has 0 unspecified atom stereocenters. The number of anilines is 2. The first-order chi connectivity index (χ1) is 13.6. The maximum absolute atomic E-state index is 9.80. The molecule has 0 radical (unpaired) electrons. The number of aromatic hydroxyl groups is 1. The van der Waals surface area contributed by atoms with E-state index in [4.69, 9.17) is 10.5 Å². The SMILES string of the molecule is COc1ccc(CNc2nc(N)c(C#N)c(-c3cccc(O)c3)c2C#N)cc1. The van der Waals surface area contributed by atoms with Gasteiger partial charge in [0.2, 0.25) is 0 Å². The molecule has 1 aromatic heterocycles. The van der Waals surface area contributed by atoms with Crippen molar-refractivity contribution in [2.24, 2.45) is 0 Å². The number of nitrogens with two attached hydrogens (primary N) is 1. The van der Waals surface area contributed by atoms with Crippen molar-refractivity contribution in [1.29, 1.82) is 10.5 Å². The summed E-state index contributed by atoms with van der Waals surface area (Å²) in [6, 6.07) is 17.9. The summed E-state index contributed by atoms with van der Waals surface area (Å²) in [4.78, 5) is 4.21. The van der Waals surface area contributed by atoms with Crippen LogP contribution < -0.4 is 15.8 Å². The second-order valence-corrected chi connectivity index (χ2v) is 5.95. The van der Waals surface area contributed by atoms with Crippen molar-refractivity contribution in [1.82, 2.24) is 4.98 Å². The fraction of sp³-hybridized carbons (Fsp3) is 0.0952. The molecule has 7 nitrogen and oxygen atoms in total. The number of nitriles is 2. The Balaban J connectivity index is 2.04. The van der Waals surface area contributed by atoms with Gasteiger partial charge in [-0.05, 0) is 35.4 Å². The predicted octanol–water partition coefficient (Wildman–Crippen LogP) is 3.40. The zero-order valence-electron chi connectivity index (χ0n) is 15.1. The van der Waals surface area contributed by atoms with Gasteiger partial charge in [-0.15, -0.1) is 0 Å². The van der Waals surface area contributed by atoms with E-state index < -0.39 is 0 Å². The number of hydrogen-bond acceptors (Lipinski definition) is 7. The molecule has 0 aliphatic heterocycles. The summed E-state index contributed by atoms with van der Waals surface area (Å²) in [5.41, 5.74) is 8.06. The topological polar surface area (TPSA) is 128 Å². The second kappa shape index (κ2) is 7.98. The van der Waals surface area contributed by atoms with Crippen LogP contribution in [-0.2, 0) is 6.54 Å². The van der Waals surface area contributed by atoms with Gasteiger partial charge in [-0.25, -0.2) is 4.98 Å². The average Bonchev–Trinajstić information content (AvgIpc) is 2.72. The summed E-state index contributed by atoms with van der Waals surface area (Å²) >= 11 is 0.